The number of fused-ring (bicyclic) bond motifs is 1. The lowest BCUT2D eigenvalue weighted by atomic mass is 9.90. The molecule has 0 bridgehead atoms. The number of halogens is 3. The van der Waals surface area contributed by atoms with Crippen LogP contribution in [0.5, 0.6) is 0 Å². The molecule has 2 aliphatic rings. The van der Waals surface area contributed by atoms with Crippen LogP contribution < -0.4 is 5.32 Å². The highest BCUT2D eigenvalue weighted by Crippen LogP contribution is 2.30. The Hall–Kier alpha value is -0.760. The predicted molar refractivity (Wildman–Crippen MR) is 76.8 cm³/mol. The number of rotatable bonds is 2. The zero-order chi connectivity index (χ0) is 14.3. The fraction of sp³-hybridized carbons (Fsp3) is 0.538. The molecule has 4 nitrogen and oxygen atoms in total. The van der Waals surface area contributed by atoms with Crippen LogP contribution in [-0.4, -0.2) is 38.9 Å². The second-order valence-corrected chi connectivity index (χ2v) is 7.34. The van der Waals surface area contributed by atoms with Gasteiger partial charge >= 0.3 is 0 Å². The van der Waals surface area contributed by atoms with Crippen LogP contribution in [0.25, 0.3) is 0 Å². The monoisotopic (exact) mass is 338 g/mol. The highest BCUT2D eigenvalue weighted by Gasteiger charge is 2.37. The largest absolute Gasteiger partial charge is 0.316 e. The summed E-state index contributed by atoms with van der Waals surface area (Å²) < 4.78 is 52.4. The molecule has 0 aromatic heterocycles. The molecule has 0 saturated carbocycles. The van der Waals surface area contributed by atoms with Crippen LogP contribution in [0.2, 0.25) is 0 Å². The van der Waals surface area contributed by atoms with Crippen molar-refractivity contribution in [3.63, 3.8) is 0 Å². The first kappa shape index (κ1) is 16.6. The minimum Gasteiger partial charge on any atom is -0.316 e. The summed E-state index contributed by atoms with van der Waals surface area (Å²) in [5.41, 5.74) is 0. The number of sulfonamides is 1. The summed E-state index contributed by atoms with van der Waals surface area (Å²) in [5, 5.41) is 3.26. The molecule has 0 spiro atoms. The number of nitrogens with one attached hydrogen (secondary N) is 1. The number of piperidine rings is 1. The van der Waals surface area contributed by atoms with Crippen molar-refractivity contribution in [2.24, 2.45) is 11.8 Å². The van der Waals surface area contributed by atoms with E-state index in [-0.39, 0.29) is 17.3 Å². The van der Waals surface area contributed by atoms with E-state index >= 15 is 0 Å². The Balaban J connectivity index is 0.00000161. The third-order valence-corrected chi connectivity index (χ3v) is 6.06. The SMILES string of the molecule is Cl.O=S(=O)(c1ccc(F)c(F)c1)N1CCC2CNCC2C1. The topological polar surface area (TPSA) is 49.4 Å². The summed E-state index contributed by atoms with van der Waals surface area (Å²) in [6.45, 7) is 2.63. The average molecular weight is 339 g/mol. The normalized spacial score (nSPS) is 26.2. The average Bonchev–Trinajstić information content (AvgIpc) is 2.89. The van der Waals surface area contributed by atoms with E-state index in [1.807, 2.05) is 0 Å². The first-order chi connectivity index (χ1) is 9.48. The Morgan fingerprint density at radius 1 is 1.14 bits per heavy atom. The fourth-order valence-corrected chi connectivity index (χ4v) is 4.53. The molecule has 1 aromatic carbocycles. The van der Waals surface area contributed by atoms with Crippen LogP contribution in [0, 0.1) is 23.5 Å². The molecule has 0 aliphatic carbocycles. The summed E-state index contributed by atoms with van der Waals surface area (Å²) >= 11 is 0. The van der Waals surface area contributed by atoms with Gasteiger partial charge in [0.2, 0.25) is 10.0 Å². The van der Waals surface area contributed by atoms with Gasteiger partial charge in [0.05, 0.1) is 4.90 Å². The molecule has 118 valence electrons. The zero-order valence-electron chi connectivity index (χ0n) is 11.3. The maximum absolute atomic E-state index is 13.2. The maximum Gasteiger partial charge on any atom is 0.243 e. The van der Waals surface area contributed by atoms with E-state index in [1.165, 1.54) is 4.31 Å². The molecular formula is C13H17ClF2N2O2S. The fourth-order valence-electron chi connectivity index (χ4n) is 3.01. The maximum atomic E-state index is 13.2. The Morgan fingerprint density at radius 2 is 1.86 bits per heavy atom. The van der Waals surface area contributed by atoms with Crippen LogP contribution in [0.4, 0.5) is 8.78 Å². The van der Waals surface area contributed by atoms with Crippen molar-refractivity contribution < 1.29 is 17.2 Å². The van der Waals surface area contributed by atoms with Crippen molar-refractivity contribution in [1.82, 2.24) is 9.62 Å². The quantitative estimate of drug-likeness (QED) is 0.891. The Labute approximate surface area is 129 Å². The molecule has 3 rings (SSSR count). The van der Waals surface area contributed by atoms with E-state index in [1.54, 1.807) is 0 Å². The standard InChI is InChI=1S/C13H16F2N2O2S.ClH/c14-12-2-1-11(5-13(12)15)20(18,19)17-4-3-9-6-16-7-10(9)8-17;/h1-2,5,9-10,16H,3-4,6-8H2;1H. The van der Waals surface area contributed by atoms with Crippen molar-refractivity contribution in [2.75, 3.05) is 26.2 Å². The molecule has 1 N–H and O–H groups in total. The number of nitrogens with zero attached hydrogens (tertiary/aromatic N) is 1. The molecular weight excluding hydrogens is 322 g/mol. The predicted octanol–water partition coefficient (Wildman–Crippen LogP) is 1.62. The summed E-state index contributed by atoms with van der Waals surface area (Å²) in [5.74, 6) is -1.35. The molecule has 2 saturated heterocycles. The van der Waals surface area contributed by atoms with Gasteiger partial charge in [-0.05, 0) is 49.5 Å². The van der Waals surface area contributed by atoms with E-state index in [9.17, 15) is 17.2 Å². The third kappa shape index (κ3) is 3.06. The van der Waals surface area contributed by atoms with E-state index in [0.717, 1.165) is 37.7 Å². The lowest BCUT2D eigenvalue weighted by molar-refractivity contribution is 0.228. The lowest BCUT2D eigenvalue weighted by Crippen LogP contribution is -2.43. The first-order valence-corrected chi connectivity index (χ1v) is 8.08. The van der Waals surface area contributed by atoms with Gasteiger partial charge < -0.3 is 5.32 Å². The molecule has 0 radical (unpaired) electrons. The van der Waals surface area contributed by atoms with Gasteiger partial charge in [0.15, 0.2) is 11.6 Å². The molecule has 2 heterocycles. The number of hydrogen-bond donors (Lipinski definition) is 1. The molecule has 2 fully saturated rings. The summed E-state index contributed by atoms with van der Waals surface area (Å²) in [4.78, 5) is -0.180. The zero-order valence-corrected chi connectivity index (χ0v) is 12.9. The number of benzene rings is 1. The molecule has 0 amide bonds. The molecule has 1 aromatic rings. The first-order valence-electron chi connectivity index (χ1n) is 6.64. The molecule has 2 aliphatic heterocycles. The molecule has 8 heteroatoms. The summed E-state index contributed by atoms with van der Waals surface area (Å²) in [6.07, 6.45) is 0.806. The molecule has 2 atom stereocenters. The van der Waals surface area contributed by atoms with E-state index in [4.69, 9.17) is 0 Å². The van der Waals surface area contributed by atoms with E-state index in [2.05, 4.69) is 5.32 Å². The van der Waals surface area contributed by atoms with Gasteiger partial charge in [-0.3, -0.25) is 0 Å². The smallest absolute Gasteiger partial charge is 0.243 e. The van der Waals surface area contributed by atoms with Crippen molar-refractivity contribution in [3.05, 3.63) is 29.8 Å². The summed E-state index contributed by atoms with van der Waals surface area (Å²) in [6, 6.07) is 2.72. The van der Waals surface area contributed by atoms with Gasteiger partial charge in [-0.2, -0.15) is 4.31 Å². The second kappa shape index (κ2) is 6.16. The van der Waals surface area contributed by atoms with Gasteiger partial charge in [-0.15, -0.1) is 12.4 Å². The van der Waals surface area contributed by atoms with Crippen LogP contribution in [-0.2, 0) is 10.0 Å². The minimum absolute atomic E-state index is 0. The summed E-state index contributed by atoms with van der Waals surface area (Å²) in [7, 11) is -3.74. The third-order valence-electron chi connectivity index (χ3n) is 4.20. The van der Waals surface area contributed by atoms with Gasteiger partial charge in [-0.25, -0.2) is 17.2 Å². The number of hydrogen-bond acceptors (Lipinski definition) is 3. The van der Waals surface area contributed by atoms with Gasteiger partial charge in [0.1, 0.15) is 0 Å². The van der Waals surface area contributed by atoms with Crippen molar-refractivity contribution in [2.45, 2.75) is 11.3 Å². The van der Waals surface area contributed by atoms with Crippen LogP contribution in [0.1, 0.15) is 6.42 Å². The highest BCUT2D eigenvalue weighted by atomic mass is 35.5. The van der Waals surface area contributed by atoms with Gasteiger partial charge in [-0.1, -0.05) is 0 Å². The highest BCUT2D eigenvalue weighted by molar-refractivity contribution is 7.89. The second-order valence-electron chi connectivity index (χ2n) is 5.41. The van der Waals surface area contributed by atoms with Crippen molar-refractivity contribution in [1.29, 1.82) is 0 Å². The van der Waals surface area contributed by atoms with Crippen molar-refractivity contribution in [3.8, 4) is 0 Å². The van der Waals surface area contributed by atoms with Crippen LogP contribution in [0.15, 0.2) is 23.1 Å². The Bertz CT molecular complexity index is 627. The van der Waals surface area contributed by atoms with Crippen LogP contribution in [0.3, 0.4) is 0 Å². The molecule has 2 unspecified atom stereocenters. The minimum atomic E-state index is -3.74. The van der Waals surface area contributed by atoms with Crippen molar-refractivity contribution >= 4 is 22.4 Å². The van der Waals surface area contributed by atoms with Gasteiger partial charge in [0, 0.05) is 13.1 Å². The Morgan fingerprint density at radius 3 is 2.57 bits per heavy atom. The lowest BCUT2D eigenvalue weighted by Gasteiger charge is -2.33. The van der Waals surface area contributed by atoms with Gasteiger partial charge in [0.25, 0.3) is 0 Å². The Kier molecular flexibility index (Phi) is 4.87. The van der Waals surface area contributed by atoms with E-state index in [0.29, 0.717) is 24.9 Å². The van der Waals surface area contributed by atoms with E-state index < -0.39 is 21.7 Å². The van der Waals surface area contributed by atoms with Crippen LogP contribution >= 0.6 is 12.4 Å². The molecule has 21 heavy (non-hydrogen) atoms.